The van der Waals surface area contributed by atoms with Crippen LogP contribution >= 0.6 is 11.3 Å². The number of rotatable bonds is 6. The smallest absolute Gasteiger partial charge is 0.416 e. The van der Waals surface area contributed by atoms with Gasteiger partial charge in [0, 0.05) is 17.1 Å². The summed E-state index contributed by atoms with van der Waals surface area (Å²) >= 11 is 1.27. The molecule has 0 aliphatic carbocycles. The molecule has 0 atom stereocenters. The fraction of sp³-hybridized carbons (Fsp3) is 0.211. The maximum absolute atomic E-state index is 12.7. The van der Waals surface area contributed by atoms with Gasteiger partial charge in [-0.15, -0.1) is 11.3 Å². The maximum atomic E-state index is 12.7. The zero-order valence-corrected chi connectivity index (χ0v) is 15.6. The number of nitrogens with one attached hydrogen (secondary N) is 1. The summed E-state index contributed by atoms with van der Waals surface area (Å²) in [4.78, 5) is 20.7. The van der Waals surface area contributed by atoms with E-state index in [1.165, 1.54) is 23.5 Å². The number of aromatic nitrogens is 2. The van der Waals surface area contributed by atoms with E-state index in [1.807, 2.05) is 6.92 Å². The molecule has 0 saturated carbocycles. The van der Waals surface area contributed by atoms with Crippen LogP contribution in [0.1, 0.15) is 18.2 Å². The van der Waals surface area contributed by atoms with Crippen molar-refractivity contribution in [3.8, 4) is 16.5 Å². The van der Waals surface area contributed by atoms with Crippen LogP contribution in [0, 0.1) is 0 Å². The lowest BCUT2D eigenvalue weighted by Gasteiger charge is -2.09. The number of benzene rings is 1. The molecule has 3 rings (SSSR count). The van der Waals surface area contributed by atoms with Gasteiger partial charge in [0.15, 0.2) is 0 Å². The van der Waals surface area contributed by atoms with Crippen molar-refractivity contribution in [2.45, 2.75) is 19.5 Å². The van der Waals surface area contributed by atoms with E-state index < -0.39 is 11.7 Å². The molecule has 0 radical (unpaired) electrons. The van der Waals surface area contributed by atoms with Crippen molar-refractivity contribution in [1.29, 1.82) is 0 Å². The lowest BCUT2D eigenvalue weighted by Crippen LogP contribution is -2.15. The molecule has 9 heteroatoms. The van der Waals surface area contributed by atoms with Crippen LogP contribution in [0.3, 0.4) is 0 Å². The summed E-state index contributed by atoms with van der Waals surface area (Å²) in [5, 5.41) is 4.99. The standard InChI is InChI=1S/C19H16F3N3O2S/c1-2-27-17-15(4-3-9-23-17)25-16(26)10-14-11-28-18(24-14)12-5-7-13(8-6-12)19(20,21)22/h3-9,11H,2,10H2,1H3,(H,25,26). The minimum Gasteiger partial charge on any atom is -0.476 e. The summed E-state index contributed by atoms with van der Waals surface area (Å²) in [7, 11) is 0. The Hall–Kier alpha value is -2.94. The van der Waals surface area contributed by atoms with Gasteiger partial charge in [-0.05, 0) is 31.2 Å². The molecule has 0 aliphatic heterocycles. The molecule has 0 aliphatic rings. The van der Waals surface area contributed by atoms with Crippen LogP contribution in [0.2, 0.25) is 0 Å². The SMILES string of the molecule is CCOc1ncccc1NC(=O)Cc1csc(-c2ccc(C(F)(F)F)cc2)n1. The van der Waals surface area contributed by atoms with Crippen LogP contribution in [0.5, 0.6) is 5.88 Å². The van der Waals surface area contributed by atoms with Crippen LogP contribution in [0.25, 0.3) is 10.6 Å². The highest BCUT2D eigenvalue weighted by molar-refractivity contribution is 7.13. The number of amides is 1. The van der Waals surface area contributed by atoms with Gasteiger partial charge in [-0.3, -0.25) is 4.79 Å². The van der Waals surface area contributed by atoms with E-state index in [-0.39, 0.29) is 12.3 Å². The molecular formula is C19H16F3N3O2S. The van der Waals surface area contributed by atoms with E-state index in [9.17, 15) is 18.0 Å². The molecule has 2 aromatic heterocycles. The Morgan fingerprint density at radius 3 is 2.64 bits per heavy atom. The minimum absolute atomic E-state index is 0.0254. The Morgan fingerprint density at radius 2 is 1.96 bits per heavy atom. The Morgan fingerprint density at radius 1 is 1.21 bits per heavy atom. The van der Waals surface area contributed by atoms with Crippen molar-refractivity contribution in [2.24, 2.45) is 0 Å². The summed E-state index contributed by atoms with van der Waals surface area (Å²) in [6, 6.07) is 8.14. The molecule has 2 heterocycles. The molecule has 1 aromatic carbocycles. The molecule has 1 amide bonds. The van der Waals surface area contributed by atoms with Crippen molar-refractivity contribution in [1.82, 2.24) is 9.97 Å². The highest BCUT2D eigenvalue weighted by Crippen LogP contribution is 2.32. The monoisotopic (exact) mass is 407 g/mol. The topological polar surface area (TPSA) is 64.1 Å². The second-order valence-corrected chi connectivity index (χ2v) is 6.59. The quantitative estimate of drug-likeness (QED) is 0.637. The zero-order valence-electron chi connectivity index (χ0n) is 14.8. The number of carbonyl (C=O) groups excluding carboxylic acids is 1. The number of alkyl halides is 3. The average Bonchev–Trinajstić information content (AvgIpc) is 3.11. The Labute approximate surface area is 163 Å². The number of thiazole rings is 1. The first-order valence-electron chi connectivity index (χ1n) is 8.36. The van der Waals surface area contributed by atoms with Gasteiger partial charge < -0.3 is 10.1 Å². The van der Waals surface area contributed by atoms with Gasteiger partial charge in [0.1, 0.15) is 10.7 Å². The first kappa shape index (κ1) is 19.8. The van der Waals surface area contributed by atoms with Gasteiger partial charge >= 0.3 is 6.18 Å². The van der Waals surface area contributed by atoms with Gasteiger partial charge in [-0.2, -0.15) is 13.2 Å². The Balaban J connectivity index is 1.67. The third-order valence-corrected chi connectivity index (χ3v) is 4.62. The maximum Gasteiger partial charge on any atom is 0.416 e. The predicted molar refractivity (Wildman–Crippen MR) is 100 cm³/mol. The molecule has 0 spiro atoms. The number of halogens is 3. The van der Waals surface area contributed by atoms with E-state index in [0.717, 1.165) is 12.1 Å². The lowest BCUT2D eigenvalue weighted by molar-refractivity contribution is -0.137. The van der Waals surface area contributed by atoms with E-state index >= 15 is 0 Å². The molecule has 28 heavy (non-hydrogen) atoms. The first-order valence-corrected chi connectivity index (χ1v) is 9.24. The van der Waals surface area contributed by atoms with Gasteiger partial charge in [-0.1, -0.05) is 12.1 Å². The molecule has 0 saturated heterocycles. The number of pyridine rings is 1. The fourth-order valence-corrected chi connectivity index (χ4v) is 3.24. The fourth-order valence-electron chi connectivity index (χ4n) is 2.42. The summed E-state index contributed by atoms with van der Waals surface area (Å²) in [5.74, 6) is 0.0419. The number of ether oxygens (including phenoxy) is 1. The minimum atomic E-state index is -4.38. The van der Waals surface area contributed by atoms with Crippen molar-refractivity contribution in [3.63, 3.8) is 0 Å². The van der Waals surface area contributed by atoms with Gasteiger partial charge in [0.2, 0.25) is 11.8 Å². The summed E-state index contributed by atoms with van der Waals surface area (Å²) in [6.07, 6.45) is -2.79. The second kappa shape index (κ2) is 8.39. The van der Waals surface area contributed by atoms with Gasteiger partial charge in [0.25, 0.3) is 0 Å². The average molecular weight is 407 g/mol. The van der Waals surface area contributed by atoms with Crippen LogP contribution in [-0.2, 0) is 17.4 Å². The Kier molecular flexibility index (Phi) is 5.93. The predicted octanol–water partition coefficient (Wildman–Crippen LogP) is 4.80. The van der Waals surface area contributed by atoms with E-state index in [2.05, 4.69) is 15.3 Å². The van der Waals surface area contributed by atoms with Crippen molar-refractivity contribution in [2.75, 3.05) is 11.9 Å². The number of nitrogens with zero attached hydrogens (tertiary/aromatic N) is 2. The second-order valence-electron chi connectivity index (χ2n) is 5.73. The molecule has 146 valence electrons. The van der Waals surface area contributed by atoms with Crippen LogP contribution in [0.4, 0.5) is 18.9 Å². The highest BCUT2D eigenvalue weighted by atomic mass is 32.1. The molecule has 3 aromatic rings. The number of hydrogen-bond donors (Lipinski definition) is 1. The number of anilines is 1. The zero-order chi connectivity index (χ0) is 20.1. The normalized spacial score (nSPS) is 11.3. The van der Waals surface area contributed by atoms with E-state index in [1.54, 1.807) is 23.7 Å². The van der Waals surface area contributed by atoms with Gasteiger partial charge in [-0.25, -0.2) is 9.97 Å². The summed E-state index contributed by atoms with van der Waals surface area (Å²) < 4.78 is 43.3. The molecule has 5 nitrogen and oxygen atoms in total. The Bertz CT molecular complexity index is 956. The molecule has 0 fully saturated rings. The largest absolute Gasteiger partial charge is 0.476 e. The summed E-state index contributed by atoms with van der Waals surface area (Å²) in [5.41, 5.74) is 0.844. The third-order valence-electron chi connectivity index (χ3n) is 3.68. The first-order chi connectivity index (χ1) is 13.4. The van der Waals surface area contributed by atoms with Crippen LogP contribution < -0.4 is 10.1 Å². The molecular weight excluding hydrogens is 391 g/mol. The number of carbonyl (C=O) groups is 1. The van der Waals surface area contributed by atoms with E-state index in [0.29, 0.717) is 34.4 Å². The van der Waals surface area contributed by atoms with Crippen LogP contribution in [-0.4, -0.2) is 22.5 Å². The third kappa shape index (κ3) is 4.86. The highest BCUT2D eigenvalue weighted by Gasteiger charge is 2.30. The van der Waals surface area contributed by atoms with Crippen LogP contribution in [0.15, 0.2) is 48.0 Å². The molecule has 0 bridgehead atoms. The van der Waals surface area contributed by atoms with Crippen molar-refractivity contribution < 1.29 is 22.7 Å². The van der Waals surface area contributed by atoms with Crippen molar-refractivity contribution in [3.05, 3.63) is 59.2 Å². The summed E-state index contributed by atoms with van der Waals surface area (Å²) in [6.45, 7) is 2.24. The number of hydrogen-bond acceptors (Lipinski definition) is 5. The van der Waals surface area contributed by atoms with E-state index in [4.69, 9.17) is 4.74 Å². The van der Waals surface area contributed by atoms with Gasteiger partial charge in [0.05, 0.1) is 24.3 Å². The lowest BCUT2D eigenvalue weighted by atomic mass is 10.1. The molecule has 0 unspecified atom stereocenters. The van der Waals surface area contributed by atoms with Crippen molar-refractivity contribution >= 4 is 22.9 Å². The molecule has 1 N–H and O–H groups in total.